The molecule has 0 fully saturated rings. The van der Waals surface area contributed by atoms with Crippen LogP contribution in [0.15, 0.2) is 36.4 Å². The van der Waals surface area contributed by atoms with Crippen LogP contribution in [0.25, 0.3) is 0 Å². The Morgan fingerprint density at radius 2 is 1.93 bits per heavy atom. The van der Waals surface area contributed by atoms with E-state index in [1.807, 2.05) is 24.3 Å². The summed E-state index contributed by atoms with van der Waals surface area (Å²) in [5.74, 6) is 0.478. The van der Waals surface area contributed by atoms with Crippen molar-refractivity contribution < 1.29 is 23.8 Å². The van der Waals surface area contributed by atoms with Gasteiger partial charge in [-0.25, -0.2) is 0 Å². The minimum atomic E-state index is -0.650. The number of rotatable bonds is 6. The number of ether oxygens (including phenoxy) is 3. The average Bonchev–Trinajstić information content (AvgIpc) is 2.83. The Labute approximate surface area is 185 Å². The highest BCUT2D eigenvalue weighted by Gasteiger charge is 2.35. The fourth-order valence-electron chi connectivity index (χ4n) is 3.34. The molecular formula is C22H24ClNO5S. The van der Waals surface area contributed by atoms with Crippen LogP contribution in [0.5, 0.6) is 11.5 Å². The summed E-state index contributed by atoms with van der Waals surface area (Å²) in [6, 6.07) is 10.9. The molecule has 1 N–H and O–H groups in total. The molecule has 3 rings (SSSR count). The predicted octanol–water partition coefficient (Wildman–Crippen LogP) is 4.84. The quantitative estimate of drug-likeness (QED) is 0.636. The van der Waals surface area contributed by atoms with E-state index < -0.39 is 11.2 Å². The molecule has 2 atom stereocenters. The van der Waals surface area contributed by atoms with Gasteiger partial charge < -0.3 is 19.5 Å². The van der Waals surface area contributed by atoms with Crippen molar-refractivity contribution in [2.24, 2.45) is 0 Å². The number of amides is 1. The standard InChI is InChI=1S/C22H24ClNO5S/c1-12(2)29-19(25)11-18-22(26)24-16-9-8-13(23)10-15(16)21(30-18)14-6-5-7-17(27-3)20(14)28-4/h5-10,12,18,21H,11H2,1-4H3,(H,24,26)/t18-,21-/m1/s1. The van der Waals surface area contributed by atoms with Gasteiger partial charge in [-0.3, -0.25) is 9.59 Å². The molecule has 0 aliphatic carbocycles. The Morgan fingerprint density at radius 1 is 1.17 bits per heavy atom. The molecule has 0 unspecified atom stereocenters. The number of para-hydroxylation sites is 1. The maximum absolute atomic E-state index is 12.9. The van der Waals surface area contributed by atoms with E-state index in [1.54, 1.807) is 40.2 Å². The number of fused-ring (bicyclic) bond motifs is 1. The minimum Gasteiger partial charge on any atom is -0.493 e. The van der Waals surface area contributed by atoms with Gasteiger partial charge in [-0.15, -0.1) is 11.8 Å². The van der Waals surface area contributed by atoms with Crippen LogP contribution >= 0.6 is 23.4 Å². The van der Waals surface area contributed by atoms with Crippen LogP contribution in [0.1, 0.15) is 36.6 Å². The first kappa shape index (κ1) is 22.3. The fourth-order valence-corrected chi connectivity index (χ4v) is 4.94. The van der Waals surface area contributed by atoms with Crippen LogP contribution in [0.3, 0.4) is 0 Å². The van der Waals surface area contributed by atoms with E-state index >= 15 is 0 Å². The largest absolute Gasteiger partial charge is 0.493 e. The van der Waals surface area contributed by atoms with Crippen LogP contribution in [0.2, 0.25) is 5.02 Å². The highest BCUT2D eigenvalue weighted by Crippen LogP contribution is 2.50. The first-order valence-electron chi connectivity index (χ1n) is 9.50. The third-order valence-electron chi connectivity index (χ3n) is 4.58. The summed E-state index contributed by atoms with van der Waals surface area (Å²) in [6.45, 7) is 3.56. The molecule has 8 heteroatoms. The van der Waals surface area contributed by atoms with Crippen molar-refractivity contribution in [3.8, 4) is 11.5 Å². The Hall–Kier alpha value is -2.38. The number of anilines is 1. The van der Waals surface area contributed by atoms with E-state index in [0.717, 1.165) is 11.1 Å². The van der Waals surface area contributed by atoms with Crippen LogP contribution in [-0.4, -0.2) is 37.4 Å². The molecule has 0 saturated carbocycles. The highest BCUT2D eigenvalue weighted by molar-refractivity contribution is 8.01. The minimum absolute atomic E-state index is 0.0425. The normalized spacial score (nSPS) is 18.3. The maximum atomic E-state index is 12.9. The summed E-state index contributed by atoms with van der Waals surface area (Å²) in [4.78, 5) is 25.2. The number of benzene rings is 2. The topological polar surface area (TPSA) is 73.9 Å². The molecule has 0 saturated heterocycles. The van der Waals surface area contributed by atoms with E-state index in [0.29, 0.717) is 22.2 Å². The average molecular weight is 450 g/mol. The number of hydrogen-bond donors (Lipinski definition) is 1. The lowest BCUT2D eigenvalue weighted by molar-refractivity contribution is -0.148. The van der Waals surface area contributed by atoms with Gasteiger partial charge in [0.1, 0.15) is 0 Å². The molecule has 0 bridgehead atoms. The molecule has 1 amide bonds. The first-order valence-corrected chi connectivity index (χ1v) is 10.8. The van der Waals surface area contributed by atoms with Crippen molar-refractivity contribution >= 4 is 40.9 Å². The SMILES string of the molecule is COc1cccc([C@H]2S[C@H](CC(=O)OC(C)C)C(=O)Nc3ccc(Cl)cc32)c1OC. The third kappa shape index (κ3) is 4.84. The summed E-state index contributed by atoms with van der Waals surface area (Å²) in [5, 5.41) is 2.51. The predicted molar refractivity (Wildman–Crippen MR) is 119 cm³/mol. The second-order valence-corrected chi connectivity index (χ2v) is 8.80. The van der Waals surface area contributed by atoms with E-state index in [1.165, 1.54) is 11.8 Å². The van der Waals surface area contributed by atoms with Gasteiger partial charge >= 0.3 is 5.97 Å². The zero-order chi connectivity index (χ0) is 21.8. The van der Waals surface area contributed by atoms with Crippen molar-refractivity contribution in [2.75, 3.05) is 19.5 Å². The monoisotopic (exact) mass is 449 g/mol. The van der Waals surface area contributed by atoms with Crippen molar-refractivity contribution in [3.05, 3.63) is 52.5 Å². The molecule has 30 heavy (non-hydrogen) atoms. The van der Waals surface area contributed by atoms with Gasteiger partial charge in [0.15, 0.2) is 11.5 Å². The van der Waals surface area contributed by atoms with Crippen molar-refractivity contribution in [1.82, 2.24) is 0 Å². The van der Waals surface area contributed by atoms with Gasteiger partial charge in [0, 0.05) is 16.3 Å². The second-order valence-electron chi connectivity index (χ2n) is 7.05. The number of carbonyl (C=O) groups excluding carboxylic acids is 2. The number of hydrogen-bond acceptors (Lipinski definition) is 6. The number of esters is 1. The number of halogens is 1. The number of thioether (sulfide) groups is 1. The highest BCUT2D eigenvalue weighted by atomic mass is 35.5. The van der Waals surface area contributed by atoms with E-state index in [9.17, 15) is 9.59 Å². The lowest BCUT2D eigenvalue weighted by atomic mass is 10.0. The number of carbonyl (C=O) groups is 2. The van der Waals surface area contributed by atoms with E-state index in [4.69, 9.17) is 25.8 Å². The Morgan fingerprint density at radius 3 is 2.60 bits per heavy atom. The van der Waals surface area contributed by atoms with Gasteiger partial charge in [-0.05, 0) is 43.7 Å². The van der Waals surface area contributed by atoms with Crippen molar-refractivity contribution in [3.63, 3.8) is 0 Å². The van der Waals surface area contributed by atoms with Crippen LogP contribution in [-0.2, 0) is 14.3 Å². The smallest absolute Gasteiger partial charge is 0.307 e. The lowest BCUT2D eigenvalue weighted by Gasteiger charge is -2.23. The van der Waals surface area contributed by atoms with Gasteiger partial charge in [-0.2, -0.15) is 0 Å². The Kier molecular flexibility index (Phi) is 7.15. The molecule has 6 nitrogen and oxygen atoms in total. The molecule has 160 valence electrons. The maximum Gasteiger partial charge on any atom is 0.307 e. The van der Waals surface area contributed by atoms with Gasteiger partial charge in [0.05, 0.1) is 37.2 Å². The van der Waals surface area contributed by atoms with Gasteiger partial charge in [-0.1, -0.05) is 23.7 Å². The molecule has 0 aromatic heterocycles. The molecule has 0 radical (unpaired) electrons. The first-order chi connectivity index (χ1) is 14.3. The van der Waals surface area contributed by atoms with Crippen molar-refractivity contribution in [2.45, 2.75) is 36.9 Å². The summed E-state index contributed by atoms with van der Waals surface area (Å²) in [5.41, 5.74) is 2.29. The molecule has 1 heterocycles. The third-order valence-corrected chi connectivity index (χ3v) is 6.31. The molecule has 1 aliphatic heterocycles. The van der Waals surface area contributed by atoms with E-state index in [2.05, 4.69) is 5.32 Å². The molecule has 0 spiro atoms. The fraction of sp³-hybridized carbons (Fsp3) is 0.364. The van der Waals surface area contributed by atoms with Crippen LogP contribution < -0.4 is 14.8 Å². The molecular weight excluding hydrogens is 426 g/mol. The molecule has 1 aliphatic rings. The second kappa shape index (κ2) is 9.62. The van der Waals surface area contributed by atoms with Gasteiger partial charge in [0.2, 0.25) is 5.91 Å². The van der Waals surface area contributed by atoms with Crippen LogP contribution in [0, 0.1) is 0 Å². The van der Waals surface area contributed by atoms with E-state index in [-0.39, 0.29) is 23.7 Å². The lowest BCUT2D eigenvalue weighted by Crippen LogP contribution is -2.28. The summed E-state index contributed by atoms with van der Waals surface area (Å²) >= 11 is 7.64. The Balaban J connectivity index is 2.08. The molecule has 2 aromatic rings. The summed E-state index contributed by atoms with van der Waals surface area (Å²) in [7, 11) is 3.14. The number of nitrogens with one attached hydrogen (secondary N) is 1. The number of methoxy groups -OCH3 is 2. The van der Waals surface area contributed by atoms with Gasteiger partial charge in [0.25, 0.3) is 0 Å². The summed E-state index contributed by atoms with van der Waals surface area (Å²) in [6.07, 6.45) is -0.291. The zero-order valence-corrected chi connectivity index (χ0v) is 18.8. The Bertz CT molecular complexity index is 949. The zero-order valence-electron chi connectivity index (χ0n) is 17.2. The van der Waals surface area contributed by atoms with Crippen LogP contribution in [0.4, 0.5) is 5.69 Å². The molecule has 2 aromatic carbocycles. The summed E-state index contributed by atoms with van der Waals surface area (Å²) < 4.78 is 16.3. The van der Waals surface area contributed by atoms with Crippen molar-refractivity contribution in [1.29, 1.82) is 0 Å².